The van der Waals surface area contributed by atoms with E-state index in [0.29, 0.717) is 10.3 Å². The molecule has 0 aliphatic carbocycles. The number of hydrogen-bond acceptors (Lipinski definition) is 6. The van der Waals surface area contributed by atoms with Crippen molar-refractivity contribution in [1.82, 2.24) is 15.0 Å². The standard InChI is InChI=1S/C11H14BrN3O2S3/c1-7-4-14-10(18-7)6-15-20(16,17)9-3-8(5-13-2)19-11(9)12/h3-4,13,15H,5-6H2,1-2H3. The maximum Gasteiger partial charge on any atom is 0.242 e. The Hall–Kier alpha value is -0.320. The van der Waals surface area contributed by atoms with Crippen LogP contribution in [0, 0.1) is 6.92 Å². The fraction of sp³-hybridized carbons (Fsp3) is 0.364. The van der Waals surface area contributed by atoms with Crippen molar-refractivity contribution in [2.75, 3.05) is 7.05 Å². The Kier molecular flexibility index (Phi) is 5.32. The van der Waals surface area contributed by atoms with Gasteiger partial charge in [0.15, 0.2) is 0 Å². The third kappa shape index (κ3) is 3.86. The zero-order chi connectivity index (χ0) is 14.8. The zero-order valence-corrected chi connectivity index (χ0v) is 15.0. The summed E-state index contributed by atoms with van der Waals surface area (Å²) in [5, 5.41) is 3.76. The van der Waals surface area contributed by atoms with Crippen molar-refractivity contribution in [3.63, 3.8) is 0 Å². The molecule has 2 heterocycles. The molecule has 0 aliphatic heterocycles. The van der Waals surface area contributed by atoms with E-state index in [9.17, 15) is 8.42 Å². The van der Waals surface area contributed by atoms with Gasteiger partial charge in [-0.25, -0.2) is 18.1 Å². The molecule has 0 bridgehead atoms. The fourth-order valence-electron chi connectivity index (χ4n) is 1.56. The van der Waals surface area contributed by atoms with Crippen LogP contribution in [0.2, 0.25) is 0 Å². The van der Waals surface area contributed by atoms with Crippen LogP contribution in [0.5, 0.6) is 0 Å². The molecule has 20 heavy (non-hydrogen) atoms. The number of rotatable bonds is 6. The Bertz CT molecular complexity index is 694. The van der Waals surface area contributed by atoms with Crippen LogP contribution in [0.15, 0.2) is 20.9 Å². The molecule has 5 nitrogen and oxygen atoms in total. The molecule has 9 heteroatoms. The number of thiazole rings is 1. The van der Waals surface area contributed by atoms with Gasteiger partial charge in [0.1, 0.15) is 9.90 Å². The molecular formula is C11H14BrN3O2S3. The van der Waals surface area contributed by atoms with Gasteiger partial charge in [0.05, 0.1) is 10.3 Å². The summed E-state index contributed by atoms with van der Waals surface area (Å²) in [6.45, 7) is 2.80. The Labute approximate surface area is 134 Å². The number of nitrogens with one attached hydrogen (secondary N) is 2. The topological polar surface area (TPSA) is 71.1 Å². The predicted molar refractivity (Wildman–Crippen MR) is 85.7 cm³/mol. The summed E-state index contributed by atoms with van der Waals surface area (Å²) >= 11 is 6.21. The Balaban J connectivity index is 2.13. The van der Waals surface area contributed by atoms with Gasteiger partial charge in [-0.05, 0) is 36.0 Å². The summed E-state index contributed by atoms with van der Waals surface area (Å²) in [7, 11) is -1.70. The van der Waals surface area contributed by atoms with Crippen LogP contribution >= 0.6 is 38.6 Å². The Morgan fingerprint density at radius 3 is 2.70 bits per heavy atom. The number of hydrogen-bond donors (Lipinski definition) is 2. The number of nitrogens with zero attached hydrogens (tertiary/aromatic N) is 1. The number of thiophene rings is 1. The van der Waals surface area contributed by atoms with Crippen LogP contribution < -0.4 is 10.0 Å². The quantitative estimate of drug-likeness (QED) is 0.787. The molecule has 0 saturated heterocycles. The molecular weight excluding hydrogens is 382 g/mol. The lowest BCUT2D eigenvalue weighted by molar-refractivity contribution is 0.581. The fourth-order valence-corrected chi connectivity index (χ4v) is 6.06. The largest absolute Gasteiger partial charge is 0.315 e. The molecule has 0 aromatic carbocycles. The second-order valence-corrected chi connectivity index (χ2v) is 9.58. The van der Waals surface area contributed by atoms with Crippen LogP contribution in [0.4, 0.5) is 0 Å². The predicted octanol–water partition coefficient (Wildman–Crippen LogP) is 2.47. The van der Waals surface area contributed by atoms with Crippen LogP contribution in [0.25, 0.3) is 0 Å². The lowest BCUT2D eigenvalue weighted by Crippen LogP contribution is -2.23. The van der Waals surface area contributed by atoms with E-state index in [4.69, 9.17) is 0 Å². The zero-order valence-electron chi connectivity index (χ0n) is 10.9. The van der Waals surface area contributed by atoms with Gasteiger partial charge in [0, 0.05) is 22.5 Å². The number of aryl methyl sites for hydroxylation is 1. The van der Waals surface area contributed by atoms with Crippen molar-refractivity contribution in [1.29, 1.82) is 0 Å². The van der Waals surface area contributed by atoms with Crippen LogP contribution in [-0.2, 0) is 23.1 Å². The third-order valence-electron chi connectivity index (χ3n) is 2.43. The highest BCUT2D eigenvalue weighted by atomic mass is 79.9. The molecule has 0 amide bonds. The Morgan fingerprint density at radius 2 is 2.10 bits per heavy atom. The minimum Gasteiger partial charge on any atom is -0.315 e. The van der Waals surface area contributed by atoms with Crippen molar-refractivity contribution in [2.24, 2.45) is 0 Å². The van der Waals surface area contributed by atoms with Crippen molar-refractivity contribution in [3.05, 3.63) is 30.8 Å². The van der Waals surface area contributed by atoms with E-state index < -0.39 is 10.0 Å². The van der Waals surface area contributed by atoms with Crippen LogP contribution in [0.3, 0.4) is 0 Å². The minimum absolute atomic E-state index is 0.213. The van der Waals surface area contributed by atoms with Gasteiger partial charge in [0.2, 0.25) is 10.0 Å². The average molecular weight is 396 g/mol. The van der Waals surface area contributed by atoms with Crippen molar-refractivity contribution >= 4 is 48.6 Å². The molecule has 0 radical (unpaired) electrons. The van der Waals surface area contributed by atoms with Gasteiger partial charge in [-0.1, -0.05) is 0 Å². The lowest BCUT2D eigenvalue weighted by atomic mass is 10.5. The summed E-state index contributed by atoms with van der Waals surface area (Å²) in [5.41, 5.74) is 0. The molecule has 0 saturated carbocycles. The molecule has 2 aromatic heterocycles. The van der Waals surface area contributed by atoms with Gasteiger partial charge in [-0.15, -0.1) is 22.7 Å². The molecule has 0 aliphatic rings. The first-order chi connectivity index (χ1) is 9.42. The Morgan fingerprint density at radius 1 is 1.35 bits per heavy atom. The van der Waals surface area contributed by atoms with Crippen molar-refractivity contribution in [2.45, 2.75) is 24.9 Å². The first-order valence-corrected chi connectivity index (χ1v) is 9.67. The van der Waals surface area contributed by atoms with Crippen LogP contribution in [-0.4, -0.2) is 20.4 Å². The SMILES string of the molecule is CNCc1cc(S(=O)(=O)NCc2ncc(C)s2)c(Br)s1. The summed E-state index contributed by atoms with van der Waals surface area (Å²) in [5.74, 6) is 0. The first-order valence-electron chi connectivity index (χ1n) is 5.76. The normalized spacial score (nSPS) is 11.9. The second kappa shape index (κ2) is 6.63. The molecule has 0 fully saturated rings. The van der Waals surface area contributed by atoms with E-state index in [0.717, 1.165) is 14.8 Å². The number of halogens is 1. The summed E-state index contributed by atoms with van der Waals surface area (Å²) in [6, 6.07) is 1.68. The smallest absolute Gasteiger partial charge is 0.242 e. The first kappa shape index (κ1) is 16.1. The summed E-state index contributed by atoms with van der Waals surface area (Å²) < 4.78 is 27.7. The minimum atomic E-state index is -3.52. The van der Waals surface area contributed by atoms with Crippen molar-refractivity contribution in [3.8, 4) is 0 Å². The van der Waals surface area contributed by atoms with E-state index >= 15 is 0 Å². The molecule has 0 unspecified atom stereocenters. The van der Waals surface area contributed by atoms with Gasteiger partial charge >= 0.3 is 0 Å². The van der Waals surface area contributed by atoms with E-state index in [-0.39, 0.29) is 11.4 Å². The van der Waals surface area contributed by atoms with E-state index in [1.165, 1.54) is 22.7 Å². The van der Waals surface area contributed by atoms with Crippen molar-refractivity contribution < 1.29 is 8.42 Å². The third-order valence-corrected chi connectivity index (χ3v) is 7.00. The molecule has 0 atom stereocenters. The highest BCUT2D eigenvalue weighted by Crippen LogP contribution is 2.31. The molecule has 0 spiro atoms. The van der Waals surface area contributed by atoms with Crippen LogP contribution in [0.1, 0.15) is 14.8 Å². The van der Waals surface area contributed by atoms with E-state index in [2.05, 4.69) is 31.0 Å². The average Bonchev–Trinajstić information content (AvgIpc) is 2.94. The highest BCUT2D eigenvalue weighted by molar-refractivity contribution is 9.11. The van der Waals surface area contributed by atoms with Gasteiger partial charge < -0.3 is 5.32 Å². The maximum atomic E-state index is 12.3. The molecule has 110 valence electrons. The second-order valence-electron chi connectivity index (χ2n) is 4.07. The van der Waals surface area contributed by atoms with Gasteiger partial charge in [-0.2, -0.15) is 0 Å². The summed E-state index contributed by atoms with van der Waals surface area (Å²) in [6.07, 6.45) is 1.74. The number of aromatic nitrogens is 1. The molecule has 2 rings (SSSR count). The highest BCUT2D eigenvalue weighted by Gasteiger charge is 2.21. The van der Waals surface area contributed by atoms with Gasteiger partial charge in [-0.3, -0.25) is 0 Å². The monoisotopic (exact) mass is 395 g/mol. The summed E-state index contributed by atoms with van der Waals surface area (Å²) in [4.78, 5) is 6.45. The maximum absolute atomic E-state index is 12.3. The lowest BCUT2D eigenvalue weighted by Gasteiger charge is -2.03. The molecule has 2 N–H and O–H groups in total. The number of sulfonamides is 1. The van der Waals surface area contributed by atoms with E-state index in [1.54, 1.807) is 12.3 Å². The van der Waals surface area contributed by atoms with E-state index in [1.807, 2.05) is 14.0 Å². The van der Waals surface area contributed by atoms with Gasteiger partial charge in [0.25, 0.3) is 0 Å². The molecule has 2 aromatic rings.